The fraction of sp³-hybridized carbons (Fsp3) is 0.500. The summed E-state index contributed by atoms with van der Waals surface area (Å²) in [6, 6.07) is 5.30. The topological polar surface area (TPSA) is 63.6 Å². The van der Waals surface area contributed by atoms with Crippen LogP contribution in [-0.4, -0.2) is 29.2 Å². The van der Waals surface area contributed by atoms with Crippen molar-refractivity contribution in [1.29, 1.82) is 0 Å². The van der Waals surface area contributed by atoms with Gasteiger partial charge in [-0.3, -0.25) is 5.32 Å². The van der Waals surface area contributed by atoms with Gasteiger partial charge < -0.3 is 4.74 Å². The molecule has 0 aliphatic carbocycles. The van der Waals surface area contributed by atoms with Gasteiger partial charge >= 0.3 is 6.09 Å². The minimum atomic E-state index is -0.522. The number of pyridine rings is 1. The van der Waals surface area contributed by atoms with E-state index in [1.165, 1.54) is 0 Å². The number of nitrogens with zero attached hydrogens (tertiary/aromatic N) is 2. The van der Waals surface area contributed by atoms with Crippen LogP contribution in [0.5, 0.6) is 0 Å². The Balaban J connectivity index is 2.74. The van der Waals surface area contributed by atoms with Crippen molar-refractivity contribution in [3.05, 3.63) is 18.2 Å². The Morgan fingerprint density at radius 1 is 1.39 bits per heavy atom. The zero-order valence-corrected chi connectivity index (χ0v) is 12.2. The molecule has 0 saturated carbocycles. The molecule has 0 radical (unpaired) electrons. The normalized spacial score (nSPS) is 11.2. The van der Waals surface area contributed by atoms with Gasteiger partial charge in [0.05, 0.1) is 0 Å². The summed E-state index contributed by atoms with van der Waals surface area (Å²) < 4.78 is 9.47. The molecule has 1 amide bonds. The molecule has 18 heavy (non-hydrogen) atoms. The fourth-order valence-electron chi connectivity index (χ4n) is 1.14. The molecule has 0 spiro atoms. The van der Waals surface area contributed by atoms with Gasteiger partial charge in [-0.2, -0.15) is 0 Å². The van der Waals surface area contributed by atoms with Gasteiger partial charge in [-0.25, -0.2) is 14.1 Å². The number of amides is 1. The van der Waals surface area contributed by atoms with E-state index < -0.39 is 11.7 Å². The average Bonchev–Trinajstić information content (AvgIpc) is 2.13. The summed E-state index contributed by atoms with van der Waals surface area (Å²) in [6.07, 6.45) is 3.48. The van der Waals surface area contributed by atoms with Crippen molar-refractivity contribution in [3.8, 4) is 0 Å². The second-order valence-electron chi connectivity index (χ2n) is 4.87. The molecule has 0 aromatic carbocycles. The molecule has 6 heteroatoms. The number of hydrogen-bond donors (Lipinski definition) is 1. The summed E-state index contributed by atoms with van der Waals surface area (Å²) in [4.78, 5) is 15.8. The number of carbonyl (C=O) groups excluding carboxylic acids is 1. The van der Waals surface area contributed by atoms with Gasteiger partial charge in [0.1, 0.15) is 11.4 Å². The Bertz CT molecular complexity index is 463. The Labute approximate surface area is 110 Å². The summed E-state index contributed by atoms with van der Waals surface area (Å²) in [5.41, 5.74) is -0.522. The fourth-order valence-corrected chi connectivity index (χ4v) is 1.61. The van der Waals surface area contributed by atoms with Crippen molar-refractivity contribution >= 4 is 28.4 Å². The SMILES string of the molecule is CS(C)=Nc1cccc(NC(=O)OC(C)(C)C)n1. The van der Waals surface area contributed by atoms with Gasteiger partial charge in [-0.05, 0) is 45.4 Å². The molecule has 1 N–H and O–H groups in total. The van der Waals surface area contributed by atoms with E-state index in [-0.39, 0.29) is 10.7 Å². The predicted octanol–water partition coefficient (Wildman–Crippen LogP) is 3.12. The highest BCUT2D eigenvalue weighted by atomic mass is 32.2. The lowest BCUT2D eigenvalue weighted by Crippen LogP contribution is -2.27. The van der Waals surface area contributed by atoms with E-state index in [9.17, 15) is 4.79 Å². The Hall–Kier alpha value is -1.43. The molecule has 0 saturated heterocycles. The third kappa shape index (κ3) is 5.77. The highest BCUT2D eigenvalue weighted by molar-refractivity contribution is 7.85. The molecule has 0 bridgehead atoms. The number of nitrogens with one attached hydrogen (secondary N) is 1. The second kappa shape index (κ2) is 5.95. The predicted molar refractivity (Wildman–Crippen MR) is 75.4 cm³/mol. The maximum absolute atomic E-state index is 11.6. The molecule has 5 nitrogen and oxygen atoms in total. The van der Waals surface area contributed by atoms with Crippen LogP contribution in [0.1, 0.15) is 20.8 Å². The second-order valence-corrected chi connectivity index (χ2v) is 6.60. The molecule has 100 valence electrons. The summed E-state index contributed by atoms with van der Waals surface area (Å²) >= 11 is 0. The molecule has 0 atom stereocenters. The number of hydrogen-bond acceptors (Lipinski definition) is 4. The van der Waals surface area contributed by atoms with Gasteiger partial charge in [0, 0.05) is 0 Å². The summed E-state index contributed by atoms with van der Waals surface area (Å²) in [6.45, 7) is 5.43. The lowest BCUT2D eigenvalue weighted by atomic mass is 10.2. The Kier molecular flexibility index (Phi) is 4.84. The van der Waals surface area contributed by atoms with Crippen molar-refractivity contribution in [2.75, 3.05) is 17.8 Å². The molecular formula is C12H19N3O2S. The maximum Gasteiger partial charge on any atom is 0.413 e. The van der Waals surface area contributed by atoms with E-state index in [0.29, 0.717) is 11.6 Å². The van der Waals surface area contributed by atoms with Crippen molar-refractivity contribution in [2.45, 2.75) is 26.4 Å². The van der Waals surface area contributed by atoms with Crippen molar-refractivity contribution in [1.82, 2.24) is 4.98 Å². The van der Waals surface area contributed by atoms with Crippen molar-refractivity contribution in [3.63, 3.8) is 0 Å². The molecule has 1 aromatic rings. The van der Waals surface area contributed by atoms with E-state index in [4.69, 9.17) is 4.74 Å². The molecule has 1 rings (SSSR count). The zero-order valence-electron chi connectivity index (χ0n) is 11.4. The van der Waals surface area contributed by atoms with Crippen LogP contribution in [0.2, 0.25) is 0 Å². The Morgan fingerprint density at radius 3 is 2.61 bits per heavy atom. The van der Waals surface area contributed by atoms with Gasteiger partial charge in [-0.1, -0.05) is 16.8 Å². The van der Waals surface area contributed by atoms with Gasteiger partial charge in [0.15, 0.2) is 5.82 Å². The van der Waals surface area contributed by atoms with Crippen LogP contribution in [0.15, 0.2) is 22.6 Å². The highest BCUT2D eigenvalue weighted by Crippen LogP contribution is 2.14. The third-order valence-electron chi connectivity index (χ3n) is 1.64. The van der Waals surface area contributed by atoms with Gasteiger partial charge in [-0.15, -0.1) is 0 Å². The number of ether oxygens (including phenoxy) is 1. The van der Waals surface area contributed by atoms with E-state index in [0.717, 1.165) is 0 Å². The van der Waals surface area contributed by atoms with E-state index in [1.807, 2.05) is 33.3 Å². The number of aromatic nitrogens is 1. The maximum atomic E-state index is 11.6. The number of anilines is 1. The minimum absolute atomic E-state index is 0.0848. The van der Waals surface area contributed by atoms with Crippen molar-refractivity contribution in [2.24, 2.45) is 4.36 Å². The largest absolute Gasteiger partial charge is 0.444 e. The van der Waals surface area contributed by atoms with Crippen LogP contribution < -0.4 is 5.32 Å². The van der Waals surface area contributed by atoms with Crippen molar-refractivity contribution < 1.29 is 9.53 Å². The average molecular weight is 269 g/mol. The summed E-state index contributed by atoms with van der Waals surface area (Å²) in [5.74, 6) is 1.05. The van der Waals surface area contributed by atoms with Crippen LogP contribution in [0, 0.1) is 0 Å². The Morgan fingerprint density at radius 2 is 2.06 bits per heavy atom. The van der Waals surface area contributed by atoms with E-state index >= 15 is 0 Å². The standard InChI is InChI=1S/C12H19N3O2S/c1-12(2,3)17-11(16)14-9-7-6-8-10(13-9)15-18(4)5/h6-8H,1-5H3,(H,13,14,16). The number of rotatable bonds is 2. The van der Waals surface area contributed by atoms with Gasteiger partial charge in [0.25, 0.3) is 0 Å². The monoisotopic (exact) mass is 269 g/mol. The molecule has 0 unspecified atom stereocenters. The molecule has 0 aliphatic rings. The summed E-state index contributed by atoms with van der Waals surface area (Å²) in [7, 11) is -0.0848. The van der Waals surface area contributed by atoms with Crippen LogP contribution in [0.4, 0.5) is 16.4 Å². The van der Waals surface area contributed by atoms with E-state index in [1.54, 1.807) is 18.2 Å². The highest BCUT2D eigenvalue weighted by Gasteiger charge is 2.16. The van der Waals surface area contributed by atoms with Crippen LogP contribution in [0.25, 0.3) is 0 Å². The first kappa shape index (κ1) is 14.6. The smallest absolute Gasteiger partial charge is 0.413 e. The first-order valence-corrected chi connectivity index (χ1v) is 7.52. The molecule has 1 aromatic heterocycles. The third-order valence-corrected chi connectivity index (χ3v) is 2.19. The first-order valence-electron chi connectivity index (χ1n) is 5.53. The molecule has 0 aliphatic heterocycles. The molecule has 0 fully saturated rings. The summed E-state index contributed by atoms with van der Waals surface area (Å²) in [5, 5.41) is 2.58. The minimum Gasteiger partial charge on any atom is -0.444 e. The van der Waals surface area contributed by atoms with Crippen LogP contribution >= 0.6 is 0 Å². The van der Waals surface area contributed by atoms with Crippen LogP contribution in [-0.2, 0) is 15.4 Å². The van der Waals surface area contributed by atoms with Gasteiger partial charge in [0.2, 0.25) is 0 Å². The molecular weight excluding hydrogens is 250 g/mol. The lowest BCUT2D eigenvalue weighted by Gasteiger charge is -2.19. The quantitative estimate of drug-likeness (QED) is 0.897. The van der Waals surface area contributed by atoms with Crippen LogP contribution in [0.3, 0.4) is 0 Å². The van der Waals surface area contributed by atoms with E-state index in [2.05, 4.69) is 14.7 Å². The molecule has 1 heterocycles. The first-order chi connectivity index (χ1) is 8.26. The lowest BCUT2D eigenvalue weighted by molar-refractivity contribution is 0.0635. The number of carbonyl (C=O) groups is 1. The zero-order chi connectivity index (χ0) is 13.8.